The molecule has 0 aromatic heterocycles. The Balaban J connectivity index is 1.96. The smallest absolute Gasteiger partial charge is 0.127 e. The van der Waals surface area contributed by atoms with Crippen LogP contribution in [-0.2, 0) is 11.2 Å². The van der Waals surface area contributed by atoms with Gasteiger partial charge in [0.1, 0.15) is 5.75 Å². The van der Waals surface area contributed by atoms with Gasteiger partial charge in [0.2, 0.25) is 0 Å². The molecule has 2 nitrogen and oxygen atoms in total. The van der Waals surface area contributed by atoms with Gasteiger partial charge in [0.15, 0.2) is 0 Å². The first kappa shape index (κ1) is 12.8. The van der Waals surface area contributed by atoms with E-state index in [1.807, 2.05) is 12.1 Å². The number of rotatable bonds is 2. The number of hydrogen-bond donors (Lipinski definition) is 0. The van der Waals surface area contributed by atoms with Crippen LogP contribution >= 0.6 is 27.5 Å². The van der Waals surface area contributed by atoms with Gasteiger partial charge in [0.05, 0.1) is 12.7 Å². The van der Waals surface area contributed by atoms with Crippen LogP contribution in [0.4, 0.5) is 0 Å². The maximum absolute atomic E-state index is 6.21. The van der Waals surface area contributed by atoms with E-state index in [2.05, 4.69) is 22.9 Å². The molecule has 3 unspecified atom stereocenters. The van der Waals surface area contributed by atoms with E-state index in [1.54, 1.807) is 0 Å². The van der Waals surface area contributed by atoms with Crippen molar-refractivity contribution < 1.29 is 9.47 Å². The van der Waals surface area contributed by atoms with E-state index < -0.39 is 0 Å². The molecule has 0 radical (unpaired) electrons. The molecule has 0 bridgehead atoms. The van der Waals surface area contributed by atoms with Crippen molar-refractivity contribution in [3.8, 4) is 5.75 Å². The summed E-state index contributed by atoms with van der Waals surface area (Å²) in [5.41, 5.74) is 2.41. The number of halogens is 2. The Morgan fingerprint density at radius 3 is 2.94 bits per heavy atom. The zero-order chi connectivity index (χ0) is 12.7. The van der Waals surface area contributed by atoms with Gasteiger partial charge < -0.3 is 9.47 Å². The van der Waals surface area contributed by atoms with Crippen molar-refractivity contribution in [1.82, 2.24) is 0 Å². The SMILES string of the molecule is CC1OCCC1C(Br)c1cc(Cl)cc2c1OCC2. The van der Waals surface area contributed by atoms with E-state index in [0.29, 0.717) is 5.92 Å². The lowest BCUT2D eigenvalue weighted by Crippen LogP contribution is -2.16. The molecule has 3 rings (SSSR count). The first-order chi connectivity index (χ1) is 8.66. The third-order valence-corrected chi connectivity index (χ3v) is 5.28. The van der Waals surface area contributed by atoms with Crippen LogP contribution in [0.1, 0.15) is 29.3 Å². The first-order valence-electron chi connectivity index (χ1n) is 6.37. The summed E-state index contributed by atoms with van der Waals surface area (Å²) in [6, 6.07) is 4.04. The van der Waals surface area contributed by atoms with Crippen LogP contribution in [0.3, 0.4) is 0 Å². The Morgan fingerprint density at radius 2 is 2.22 bits per heavy atom. The van der Waals surface area contributed by atoms with Crippen molar-refractivity contribution in [2.45, 2.75) is 30.7 Å². The lowest BCUT2D eigenvalue weighted by molar-refractivity contribution is 0.105. The van der Waals surface area contributed by atoms with Crippen molar-refractivity contribution in [2.75, 3.05) is 13.2 Å². The summed E-state index contributed by atoms with van der Waals surface area (Å²) in [4.78, 5) is 0.251. The van der Waals surface area contributed by atoms with E-state index in [1.165, 1.54) is 11.1 Å². The maximum Gasteiger partial charge on any atom is 0.127 e. The normalized spacial score (nSPS) is 27.9. The third kappa shape index (κ3) is 2.17. The van der Waals surface area contributed by atoms with Crippen molar-refractivity contribution in [3.05, 3.63) is 28.3 Å². The molecule has 18 heavy (non-hydrogen) atoms. The summed E-state index contributed by atoms with van der Waals surface area (Å²) in [6.07, 6.45) is 2.32. The average Bonchev–Trinajstić information content (AvgIpc) is 2.95. The molecule has 0 aliphatic carbocycles. The largest absolute Gasteiger partial charge is 0.493 e. The zero-order valence-electron chi connectivity index (χ0n) is 10.3. The summed E-state index contributed by atoms with van der Waals surface area (Å²) in [6.45, 7) is 3.74. The van der Waals surface area contributed by atoms with Gasteiger partial charge in [-0.25, -0.2) is 0 Å². The second-order valence-corrected chi connectivity index (χ2v) is 6.43. The van der Waals surface area contributed by atoms with Gasteiger partial charge in [-0.3, -0.25) is 0 Å². The lowest BCUT2D eigenvalue weighted by atomic mass is 9.92. The van der Waals surface area contributed by atoms with E-state index in [-0.39, 0.29) is 10.9 Å². The van der Waals surface area contributed by atoms with Crippen LogP contribution in [0.2, 0.25) is 5.02 Å². The second kappa shape index (κ2) is 5.03. The van der Waals surface area contributed by atoms with Gasteiger partial charge in [0, 0.05) is 34.4 Å². The molecule has 1 fully saturated rings. The van der Waals surface area contributed by atoms with Gasteiger partial charge in [-0.1, -0.05) is 27.5 Å². The molecule has 3 atom stereocenters. The average molecular weight is 332 g/mol. The van der Waals surface area contributed by atoms with E-state index in [4.69, 9.17) is 21.1 Å². The van der Waals surface area contributed by atoms with Gasteiger partial charge in [0.25, 0.3) is 0 Å². The second-order valence-electron chi connectivity index (χ2n) is 5.01. The quantitative estimate of drug-likeness (QED) is 0.758. The summed E-state index contributed by atoms with van der Waals surface area (Å²) in [7, 11) is 0. The molecule has 0 spiro atoms. The maximum atomic E-state index is 6.21. The van der Waals surface area contributed by atoms with Crippen LogP contribution in [0.5, 0.6) is 5.75 Å². The number of fused-ring (bicyclic) bond motifs is 1. The molecular weight excluding hydrogens is 316 g/mol. The fraction of sp³-hybridized carbons (Fsp3) is 0.571. The molecule has 1 aromatic rings. The molecule has 0 saturated carbocycles. The molecule has 4 heteroatoms. The molecular formula is C14H16BrClO2. The van der Waals surface area contributed by atoms with Crippen LogP contribution in [-0.4, -0.2) is 19.3 Å². The fourth-order valence-corrected chi connectivity index (χ4v) is 4.15. The molecule has 0 N–H and O–H groups in total. The van der Waals surface area contributed by atoms with Crippen molar-refractivity contribution in [3.63, 3.8) is 0 Å². The van der Waals surface area contributed by atoms with Crippen LogP contribution in [0.25, 0.3) is 0 Å². The standard InChI is InChI=1S/C14H16BrClO2/c1-8-11(3-5-17-8)13(15)12-7-10(16)6-9-2-4-18-14(9)12/h6-8,11,13H,2-5H2,1H3. The summed E-state index contributed by atoms with van der Waals surface area (Å²) in [5, 5.41) is 0.797. The van der Waals surface area contributed by atoms with Crippen LogP contribution in [0, 0.1) is 5.92 Å². The van der Waals surface area contributed by atoms with Gasteiger partial charge in [-0.2, -0.15) is 0 Å². The minimum Gasteiger partial charge on any atom is -0.493 e. The number of hydrogen-bond acceptors (Lipinski definition) is 2. The minimum absolute atomic E-state index is 0.251. The minimum atomic E-state index is 0.251. The predicted octanol–water partition coefficient (Wildman–Crippen LogP) is 4.14. The third-order valence-electron chi connectivity index (χ3n) is 3.89. The Morgan fingerprint density at radius 1 is 1.39 bits per heavy atom. The number of alkyl halides is 1. The fourth-order valence-electron chi connectivity index (χ4n) is 2.87. The highest BCUT2D eigenvalue weighted by Crippen LogP contribution is 2.46. The van der Waals surface area contributed by atoms with E-state index in [0.717, 1.165) is 36.8 Å². The number of benzene rings is 1. The first-order valence-corrected chi connectivity index (χ1v) is 7.67. The molecule has 1 saturated heterocycles. The summed E-state index contributed by atoms with van der Waals surface area (Å²) < 4.78 is 11.4. The van der Waals surface area contributed by atoms with Gasteiger partial charge in [-0.15, -0.1) is 0 Å². The lowest BCUT2D eigenvalue weighted by Gasteiger charge is -2.22. The molecule has 0 amide bonds. The Bertz CT molecular complexity index is 463. The topological polar surface area (TPSA) is 18.5 Å². The monoisotopic (exact) mass is 330 g/mol. The highest BCUT2D eigenvalue weighted by Gasteiger charge is 2.34. The summed E-state index contributed by atoms with van der Waals surface area (Å²) >= 11 is 10.0. The van der Waals surface area contributed by atoms with Gasteiger partial charge in [-0.05, 0) is 31.0 Å². The van der Waals surface area contributed by atoms with E-state index in [9.17, 15) is 0 Å². The zero-order valence-corrected chi connectivity index (χ0v) is 12.6. The Labute approximate surface area is 121 Å². The van der Waals surface area contributed by atoms with Gasteiger partial charge >= 0.3 is 0 Å². The predicted molar refractivity (Wildman–Crippen MR) is 75.8 cm³/mol. The number of ether oxygens (including phenoxy) is 2. The molecule has 2 heterocycles. The highest BCUT2D eigenvalue weighted by atomic mass is 79.9. The van der Waals surface area contributed by atoms with E-state index >= 15 is 0 Å². The van der Waals surface area contributed by atoms with Crippen LogP contribution < -0.4 is 4.74 Å². The Hall–Kier alpha value is -0.250. The summed E-state index contributed by atoms with van der Waals surface area (Å²) in [5.74, 6) is 1.51. The van der Waals surface area contributed by atoms with Crippen molar-refractivity contribution >= 4 is 27.5 Å². The van der Waals surface area contributed by atoms with Crippen LogP contribution in [0.15, 0.2) is 12.1 Å². The van der Waals surface area contributed by atoms with Crippen molar-refractivity contribution in [1.29, 1.82) is 0 Å². The Kier molecular flexibility index (Phi) is 3.57. The molecule has 1 aromatic carbocycles. The molecule has 2 aliphatic heterocycles. The molecule has 98 valence electrons. The molecule has 2 aliphatic rings. The van der Waals surface area contributed by atoms with Crippen molar-refractivity contribution in [2.24, 2.45) is 5.92 Å². The highest BCUT2D eigenvalue weighted by molar-refractivity contribution is 9.09.